The molecule has 1 aliphatic carbocycles. The van der Waals surface area contributed by atoms with E-state index in [1.807, 2.05) is 13.8 Å². The summed E-state index contributed by atoms with van der Waals surface area (Å²) in [5, 5.41) is 12.3. The van der Waals surface area contributed by atoms with Gasteiger partial charge < -0.3 is 14.8 Å². The molecule has 0 saturated heterocycles. The first-order valence-electron chi connectivity index (χ1n) is 11.6. The van der Waals surface area contributed by atoms with Crippen LogP contribution in [-0.4, -0.2) is 45.1 Å². The van der Waals surface area contributed by atoms with Crippen molar-refractivity contribution < 1.29 is 27.5 Å². The molecule has 8 nitrogen and oxygen atoms in total. The minimum atomic E-state index is -3.87. The van der Waals surface area contributed by atoms with Gasteiger partial charge in [0.1, 0.15) is 29.9 Å². The van der Waals surface area contributed by atoms with Gasteiger partial charge in [-0.2, -0.15) is 5.26 Å². The average Bonchev–Trinajstić information content (AvgIpc) is 2.78. The molecule has 2 aliphatic rings. The number of rotatable bonds is 9. The van der Waals surface area contributed by atoms with Gasteiger partial charge in [0.2, 0.25) is 5.91 Å². The second kappa shape index (κ2) is 11.0. The lowest BCUT2D eigenvalue weighted by atomic mass is 9.84. The molecule has 0 unspecified atom stereocenters. The molecule has 1 aromatic carbocycles. The molecule has 0 radical (unpaired) electrons. The van der Waals surface area contributed by atoms with Crippen LogP contribution in [0.3, 0.4) is 0 Å². The third-order valence-electron chi connectivity index (χ3n) is 6.09. The number of nitriles is 1. The molecule has 3 rings (SSSR count). The van der Waals surface area contributed by atoms with Crippen LogP contribution in [0.25, 0.3) is 0 Å². The highest BCUT2D eigenvalue weighted by molar-refractivity contribution is 7.91. The lowest BCUT2D eigenvalue weighted by Crippen LogP contribution is -2.42. The number of hydrogen-bond acceptors (Lipinski definition) is 7. The topological polar surface area (TPSA) is 123 Å². The van der Waals surface area contributed by atoms with Gasteiger partial charge in [-0.05, 0) is 43.7 Å². The number of hydrogen-bond donors (Lipinski definition) is 1. The summed E-state index contributed by atoms with van der Waals surface area (Å²) in [4.78, 5) is 25.3. The van der Waals surface area contributed by atoms with Crippen LogP contribution in [0.4, 0.5) is 0 Å². The molecular formula is C24H32N2O6S. The molecule has 0 bridgehead atoms. The summed E-state index contributed by atoms with van der Waals surface area (Å²) < 4.78 is 37.6. The fourth-order valence-electron chi connectivity index (χ4n) is 4.49. The molecule has 3 atom stereocenters. The van der Waals surface area contributed by atoms with E-state index in [1.54, 1.807) is 12.1 Å². The molecule has 1 fully saturated rings. The maximum atomic E-state index is 13.3. The van der Waals surface area contributed by atoms with E-state index in [0.29, 0.717) is 25.2 Å². The van der Waals surface area contributed by atoms with Crippen molar-refractivity contribution in [3.63, 3.8) is 0 Å². The predicted octanol–water partition coefficient (Wildman–Crippen LogP) is 3.05. The van der Waals surface area contributed by atoms with Gasteiger partial charge in [0.25, 0.3) is 0 Å². The molecular weight excluding hydrogens is 444 g/mol. The summed E-state index contributed by atoms with van der Waals surface area (Å²) in [6.45, 7) is 4.42. The Morgan fingerprint density at radius 1 is 1.24 bits per heavy atom. The number of sulfone groups is 1. The number of nitrogens with zero attached hydrogens (tertiary/aromatic N) is 1. The standard InChI is InChI=1S/C24H32N2O6S/c1-16(2)12-18(24(28)26-19(14-25)13-17-6-3-4-7-20(17)27)15-33(29,30)22-9-5-8-21-23(22)32-11-10-31-21/h5,8-9,16-19H,3-4,6-7,10-13,15H2,1-2H3,(H,26,28)/t17-,18+,19-/m0/s1. The highest BCUT2D eigenvalue weighted by Gasteiger charge is 2.33. The van der Waals surface area contributed by atoms with Gasteiger partial charge in [-0.3, -0.25) is 9.59 Å². The summed E-state index contributed by atoms with van der Waals surface area (Å²) in [6, 6.07) is 5.94. The molecule has 1 heterocycles. The van der Waals surface area contributed by atoms with Gasteiger partial charge in [-0.15, -0.1) is 0 Å². The lowest BCUT2D eigenvalue weighted by Gasteiger charge is -2.25. The SMILES string of the molecule is CC(C)C[C@H](CS(=O)(=O)c1cccc2c1OCCO2)C(=O)N[C@H](C#N)C[C@@H]1CCCCC1=O. The molecule has 1 saturated carbocycles. The second-order valence-electron chi connectivity index (χ2n) is 9.22. The van der Waals surface area contributed by atoms with Gasteiger partial charge in [0.15, 0.2) is 21.3 Å². The van der Waals surface area contributed by atoms with E-state index < -0.39 is 33.5 Å². The summed E-state index contributed by atoms with van der Waals surface area (Å²) in [5.74, 6) is -1.21. The maximum Gasteiger partial charge on any atom is 0.225 e. The fourth-order valence-corrected chi connectivity index (χ4v) is 6.21. The number of nitrogens with one attached hydrogen (secondary N) is 1. The van der Waals surface area contributed by atoms with Crippen molar-refractivity contribution in [2.24, 2.45) is 17.8 Å². The zero-order valence-corrected chi connectivity index (χ0v) is 20.0. The van der Waals surface area contributed by atoms with Crippen LogP contribution in [0.2, 0.25) is 0 Å². The third kappa shape index (κ3) is 6.47. The van der Waals surface area contributed by atoms with Crippen molar-refractivity contribution in [2.75, 3.05) is 19.0 Å². The van der Waals surface area contributed by atoms with E-state index in [4.69, 9.17) is 9.47 Å². The third-order valence-corrected chi connectivity index (χ3v) is 7.92. The monoisotopic (exact) mass is 476 g/mol. The molecule has 0 aromatic heterocycles. The minimum absolute atomic E-state index is 0.00546. The molecule has 33 heavy (non-hydrogen) atoms. The van der Waals surface area contributed by atoms with Crippen LogP contribution in [0, 0.1) is 29.1 Å². The van der Waals surface area contributed by atoms with Crippen LogP contribution in [0.15, 0.2) is 23.1 Å². The second-order valence-corrected chi connectivity index (χ2v) is 11.2. The van der Waals surface area contributed by atoms with Crippen molar-refractivity contribution in [2.45, 2.75) is 63.3 Å². The van der Waals surface area contributed by atoms with Crippen LogP contribution in [0.1, 0.15) is 52.4 Å². The first-order chi connectivity index (χ1) is 15.7. The van der Waals surface area contributed by atoms with Crippen LogP contribution in [-0.2, 0) is 19.4 Å². The Bertz CT molecular complexity index is 1010. The largest absolute Gasteiger partial charge is 0.486 e. The highest BCUT2D eigenvalue weighted by Crippen LogP contribution is 2.37. The molecule has 1 aliphatic heterocycles. The summed E-state index contributed by atoms with van der Waals surface area (Å²) in [5.41, 5.74) is 0. The fraction of sp³-hybridized carbons (Fsp3) is 0.625. The van der Waals surface area contributed by atoms with E-state index in [2.05, 4.69) is 11.4 Å². The highest BCUT2D eigenvalue weighted by atomic mass is 32.2. The van der Waals surface area contributed by atoms with Gasteiger partial charge in [-0.1, -0.05) is 26.3 Å². The number of carbonyl (C=O) groups is 2. The summed E-state index contributed by atoms with van der Waals surface area (Å²) in [6.07, 6.45) is 3.64. The zero-order chi connectivity index (χ0) is 24.0. The van der Waals surface area contributed by atoms with Crippen LogP contribution >= 0.6 is 0 Å². The number of ether oxygens (including phenoxy) is 2. The molecule has 0 spiro atoms. The Kier molecular flexibility index (Phi) is 8.35. The van der Waals surface area contributed by atoms with Gasteiger partial charge in [-0.25, -0.2) is 8.42 Å². The Labute approximate surface area is 195 Å². The van der Waals surface area contributed by atoms with E-state index in [1.165, 1.54) is 6.07 Å². The number of para-hydroxylation sites is 1. The number of fused-ring (bicyclic) bond motifs is 1. The average molecular weight is 477 g/mol. The van der Waals surface area contributed by atoms with Crippen molar-refractivity contribution in [3.8, 4) is 17.6 Å². The van der Waals surface area contributed by atoms with E-state index in [-0.39, 0.29) is 41.3 Å². The van der Waals surface area contributed by atoms with Gasteiger partial charge >= 0.3 is 0 Å². The quantitative estimate of drug-likeness (QED) is 0.581. The Balaban J connectivity index is 1.75. The molecule has 1 N–H and O–H groups in total. The molecule has 9 heteroatoms. The first-order valence-corrected chi connectivity index (χ1v) is 13.2. The normalized spacial score (nSPS) is 20.1. The van der Waals surface area contributed by atoms with E-state index >= 15 is 0 Å². The number of Topliss-reactive ketones (excluding diaryl/α,β-unsaturated/α-hetero) is 1. The van der Waals surface area contributed by atoms with E-state index in [9.17, 15) is 23.3 Å². The van der Waals surface area contributed by atoms with Crippen molar-refractivity contribution in [1.29, 1.82) is 5.26 Å². The first kappa shape index (κ1) is 25.0. The Morgan fingerprint density at radius 2 is 2.00 bits per heavy atom. The van der Waals surface area contributed by atoms with Gasteiger partial charge in [0.05, 0.1) is 17.7 Å². The number of benzene rings is 1. The molecule has 1 aromatic rings. The van der Waals surface area contributed by atoms with Gasteiger partial charge in [0, 0.05) is 12.3 Å². The molecule has 1 amide bonds. The molecule has 180 valence electrons. The van der Waals surface area contributed by atoms with Crippen molar-refractivity contribution >= 4 is 21.5 Å². The minimum Gasteiger partial charge on any atom is -0.486 e. The number of amides is 1. The number of ketones is 1. The van der Waals surface area contributed by atoms with Crippen molar-refractivity contribution in [1.82, 2.24) is 5.32 Å². The predicted molar refractivity (Wildman–Crippen MR) is 122 cm³/mol. The Hall–Kier alpha value is -2.60. The lowest BCUT2D eigenvalue weighted by molar-refractivity contribution is -0.127. The van der Waals surface area contributed by atoms with Crippen LogP contribution in [0.5, 0.6) is 11.5 Å². The maximum absolute atomic E-state index is 13.3. The summed E-state index contributed by atoms with van der Waals surface area (Å²) in [7, 11) is -3.87. The number of carbonyl (C=O) groups excluding carboxylic acids is 2. The van der Waals surface area contributed by atoms with Crippen molar-refractivity contribution in [3.05, 3.63) is 18.2 Å². The summed E-state index contributed by atoms with van der Waals surface area (Å²) >= 11 is 0. The van der Waals surface area contributed by atoms with E-state index in [0.717, 1.165) is 19.3 Å². The Morgan fingerprint density at radius 3 is 2.70 bits per heavy atom. The van der Waals surface area contributed by atoms with Crippen LogP contribution < -0.4 is 14.8 Å². The smallest absolute Gasteiger partial charge is 0.225 e. The zero-order valence-electron chi connectivity index (χ0n) is 19.2.